The average molecular weight is 356 g/mol. The molecule has 0 aliphatic carbocycles. The largest absolute Gasteiger partial charge is 0.494 e. The van der Waals surface area contributed by atoms with Gasteiger partial charge in [0.2, 0.25) is 0 Å². The number of carbonyl (C=O) groups excluding carboxylic acids is 2. The lowest BCUT2D eigenvalue weighted by Gasteiger charge is -2.35. The highest BCUT2D eigenvalue weighted by molar-refractivity contribution is 5.96. The molecular formula is C20H21FN2O3. The molecule has 0 spiro atoms. The fourth-order valence-corrected chi connectivity index (χ4v) is 2.97. The molecule has 1 aliphatic heterocycles. The second-order valence-electron chi connectivity index (χ2n) is 6.30. The van der Waals surface area contributed by atoms with Gasteiger partial charge in [0.15, 0.2) is 11.6 Å². The fraction of sp³-hybridized carbons (Fsp3) is 0.300. The summed E-state index contributed by atoms with van der Waals surface area (Å²) in [6.45, 7) is 3.73. The second kappa shape index (κ2) is 7.56. The van der Waals surface area contributed by atoms with E-state index in [1.807, 2.05) is 31.2 Å². The van der Waals surface area contributed by atoms with E-state index in [1.54, 1.807) is 15.9 Å². The SMILES string of the molecule is COc1ccc(C(=O)N2CCN(C(=O)c3ccc(C)cc3)CC2)cc1F. The van der Waals surface area contributed by atoms with Crippen molar-refractivity contribution < 1.29 is 18.7 Å². The van der Waals surface area contributed by atoms with E-state index < -0.39 is 5.82 Å². The molecular weight excluding hydrogens is 335 g/mol. The molecule has 1 saturated heterocycles. The molecule has 0 N–H and O–H groups in total. The first kappa shape index (κ1) is 17.9. The van der Waals surface area contributed by atoms with Crippen LogP contribution in [-0.2, 0) is 0 Å². The summed E-state index contributed by atoms with van der Waals surface area (Å²) < 4.78 is 18.7. The number of ether oxygens (including phenoxy) is 1. The van der Waals surface area contributed by atoms with Crippen LogP contribution in [0.4, 0.5) is 4.39 Å². The molecule has 136 valence electrons. The zero-order valence-electron chi connectivity index (χ0n) is 14.9. The molecule has 0 saturated carbocycles. The lowest BCUT2D eigenvalue weighted by molar-refractivity contribution is 0.0535. The van der Waals surface area contributed by atoms with Crippen LogP contribution in [0.3, 0.4) is 0 Å². The minimum Gasteiger partial charge on any atom is -0.494 e. The summed E-state index contributed by atoms with van der Waals surface area (Å²) in [6.07, 6.45) is 0. The lowest BCUT2D eigenvalue weighted by Crippen LogP contribution is -2.50. The molecule has 2 aromatic rings. The molecule has 0 radical (unpaired) electrons. The zero-order chi connectivity index (χ0) is 18.7. The monoisotopic (exact) mass is 356 g/mol. The molecule has 1 fully saturated rings. The van der Waals surface area contributed by atoms with E-state index in [2.05, 4.69) is 0 Å². The van der Waals surface area contributed by atoms with Crippen molar-refractivity contribution in [1.82, 2.24) is 9.80 Å². The number of amides is 2. The van der Waals surface area contributed by atoms with Gasteiger partial charge >= 0.3 is 0 Å². The number of nitrogens with zero attached hydrogens (tertiary/aromatic N) is 2. The van der Waals surface area contributed by atoms with Crippen LogP contribution in [0, 0.1) is 12.7 Å². The number of carbonyl (C=O) groups is 2. The van der Waals surface area contributed by atoms with Gasteiger partial charge < -0.3 is 14.5 Å². The van der Waals surface area contributed by atoms with Crippen molar-refractivity contribution in [3.63, 3.8) is 0 Å². The molecule has 3 rings (SSSR count). The molecule has 26 heavy (non-hydrogen) atoms. The van der Waals surface area contributed by atoms with Crippen LogP contribution in [0.1, 0.15) is 26.3 Å². The summed E-state index contributed by atoms with van der Waals surface area (Å²) >= 11 is 0. The highest BCUT2D eigenvalue weighted by atomic mass is 19.1. The maximum absolute atomic E-state index is 13.8. The van der Waals surface area contributed by atoms with Crippen LogP contribution in [-0.4, -0.2) is 54.9 Å². The molecule has 2 amide bonds. The summed E-state index contributed by atoms with van der Waals surface area (Å²) in [4.78, 5) is 28.5. The second-order valence-corrected chi connectivity index (χ2v) is 6.30. The minimum absolute atomic E-state index is 0.0346. The van der Waals surface area contributed by atoms with Crippen molar-refractivity contribution in [2.24, 2.45) is 0 Å². The van der Waals surface area contributed by atoms with Gasteiger partial charge in [-0.1, -0.05) is 17.7 Å². The van der Waals surface area contributed by atoms with Crippen LogP contribution < -0.4 is 4.74 Å². The Kier molecular flexibility index (Phi) is 5.21. The Labute approximate surface area is 152 Å². The van der Waals surface area contributed by atoms with Crippen molar-refractivity contribution in [1.29, 1.82) is 0 Å². The molecule has 1 heterocycles. The molecule has 0 bridgehead atoms. The standard InChI is InChI=1S/C20H21FN2O3/c1-14-3-5-15(6-4-14)19(24)22-9-11-23(12-10-22)20(25)16-7-8-18(26-2)17(21)13-16/h3-8,13H,9-12H2,1-2H3. The number of piperazine rings is 1. The molecule has 1 aliphatic rings. The van der Waals surface area contributed by atoms with Gasteiger partial charge in [-0.05, 0) is 37.3 Å². The number of hydrogen-bond donors (Lipinski definition) is 0. The highest BCUT2D eigenvalue weighted by Crippen LogP contribution is 2.19. The maximum atomic E-state index is 13.8. The Morgan fingerprint density at radius 1 is 0.885 bits per heavy atom. The topological polar surface area (TPSA) is 49.9 Å². The van der Waals surface area contributed by atoms with Gasteiger partial charge in [-0.3, -0.25) is 9.59 Å². The number of hydrogen-bond acceptors (Lipinski definition) is 3. The summed E-state index contributed by atoms with van der Waals surface area (Å²) in [5.41, 5.74) is 2.03. The first-order valence-electron chi connectivity index (χ1n) is 8.48. The van der Waals surface area contributed by atoms with E-state index in [9.17, 15) is 14.0 Å². The molecule has 0 aromatic heterocycles. The molecule has 0 unspecified atom stereocenters. The number of rotatable bonds is 3. The normalized spacial score (nSPS) is 14.3. The third-order valence-electron chi connectivity index (χ3n) is 4.55. The van der Waals surface area contributed by atoms with Gasteiger partial charge in [-0.15, -0.1) is 0 Å². The molecule has 2 aromatic carbocycles. The number of benzene rings is 2. The van der Waals surface area contributed by atoms with Crippen molar-refractivity contribution in [2.75, 3.05) is 33.3 Å². The van der Waals surface area contributed by atoms with E-state index in [0.29, 0.717) is 31.7 Å². The quantitative estimate of drug-likeness (QED) is 0.850. The Morgan fingerprint density at radius 3 is 1.88 bits per heavy atom. The van der Waals surface area contributed by atoms with E-state index in [4.69, 9.17) is 4.74 Å². The van der Waals surface area contributed by atoms with E-state index in [-0.39, 0.29) is 23.1 Å². The summed E-state index contributed by atoms with van der Waals surface area (Å²) in [7, 11) is 1.38. The lowest BCUT2D eigenvalue weighted by atomic mass is 10.1. The van der Waals surface area contributed by atoms with Crippen molar-refractivity contribution >= 4 is 11.8 Å². The van der Waals surface area contributed by atoms with Crippen LogP contribution in [0.5, 0.6) is 5.75 Å². The van der Waals surface area contributed by atoms with Gasteiger partial charge in [0.25, 0.3) is 11.8 Å². The smallest absolute Gasteiger partial charge is 0.254 e. The van der Waals surface area contributed by atoms with E-state index in [1.165, 1.54) is 19.2 Å². The van der Waals surface area contributed by atoms with Crippen molar-refractivity contribution in [3.8, 4) is 5.75 Å². The van der Waals surface area contributed by atoms with Gasteiger partial charge in [0.1, 0.15) is 0 Å². The number of methoxy groups -OCH3 is 1. The van der Waals surface area contributed by atoms with Gasteiger partial charge in [0, 0.05) is 37.3 Å². The van der Waals surface area contributed by atoms with Crippen LogP contribution in [0.15, 0.2) is 42.5 Å². The van der Waals surface area contributed by atoms with Crippen LogP contribution in [0.2, 0.25) is 0 Å². The number of aryl methyl sites for hydroxylation is 1. The van der Waals surface area contributed by atoms with E-state index >= 15 is 0 Å². The predicted molar refractivity (Wildman–Crippen MR) is 95.9 cm³/mol. The van der Waals surface area contributed by atoms with E-state index in [0.717, 1.165) is 5.56 Å². The van der Waals surface area contributed by atoms with Gasteiger partial charge in [0.05, 0.1) is 7.11 Å². The first-order chi connectivity index (χ1) is 12.5. The predicted octanol–water partition coefficient (Wildman–Crippen LogP) is 2.74. The van der Waals surface area contributed by atoms with Crippen molar-refractivity contribution in [2.45, 2.75) is 6.92 Å². The highest BCUT2D eigenvalue weighted by Gasteiger charge is 2.26. The summed E-state index contributed by atoms with van der Waals surface area (Å²) in [5, 5.41) is 0. The summed E-state index contributed by atoms with van der Waals surface area (Å²) in [6, 6.07) is 11.6. The molecule has 0 atom stereocenters. The number of halogens is 1. The fourth-order valence-electron chi connectivity index (χ4n) is 2.97. The van der Waals surface area contributed by atoms with Crippen LogP contribution in [0.25, 0.3) is 0 Å². The Morgan fingerprint density at radius 2 is 1.38 bits per heavy atom. The molecule has 5 nitrogen and oxygen atoms in total. The Hall–Kier alpha value is -2.89. The average Bonchev–Trinajstić information content (AvgIpc) is 2.67. The van der Waals surface area contributed by atoms with Crippen molar-refractivity contribution in [3.05, 3.63) is 65.0 Å². The Balaban J connectivity index is 1.62. The Bertz CT molecular complexity index is 812. The van der Waals surface area contributed by atoms with Crippen LogP contribution >= 0.6 is 0 Å². The first-order valence-corrected chi connectivity index (χ1v) is 8.48. The zero-order valence-corrected chi connectivity index (χ0v) is 14.9. The molecule has 6 heteroatoms. The third-order valence-corrected chi connectivity index (χ3v) is 4.55. The third kappa shape index (κ3) is 3.69. The summed E-state index contributed by atoms with van der Waals surface area (Å²) in [5.74, 6) is -0.733. The van der Waals surface area contributed by atoms with Gasteiger partial charge in [-0.25, -0.2) is 4.39 Å². The minimum atomic E-state index is -0.563. The van der Waals surface area contributed by atoms with Gasteiger partial charge in [-0.2, -0.15) is 0 Å². The maximum Gasteiger partial charge on any atom is 0.254 e.